The first-order valence-electron chi connectivity index (χ1n) is 24.4. The van der Waals surface area contributed by atoms with Crippen LogP contribution in [-0.2, 0) is 16.2 Å². The molecule has 69 heavy (non-hydrogen) atoms. The lowest BCUT2D eigenvalue weighted by atomic mass is 9.72. The number of hydrogen-bond donors (Lipinski definition) is 0. The van der Waals surface area contributed by atoms with Gasteiger partial charge in [0.25, 0.3) is 0 Å². The summed E-state index contributed by atoms with van der Waals surface area (Å²) in [6, 6.07) is 53.7. The van der Waals surface area contributed by atoms with Gasteiger partial charge in [0.2, 0.25) is 0 Å². The predicted octanol–water partition coefficient (Wildman–Crippen LogP) is 17.9. The highest BCUT2D eigenvalue weighted by molar-refractivity contribution is 6.21. The van der Waals surface area contributed by atoms with Crippen molar-refractivity contribution in [2.24, 2.45) is 0 Å². The van der Waals surface area contributed by atoms with E-state index in [-0.39, 0.29) is 16.2 Å². The first-order chi connectivity index (χ1) is 33.2. The molecule has 334 valence electrons. The third-order valence-corrected chi connectivity index (χ3v) is 16.5. The predicted molar refractivity (Wildman–Crippen MR) is 286 cm³/mol. The third-order valence-electron chi connectivity index (χ3n) is 16.5. The number of aromatic nitrogens is 1. The number of anilines is 3. The van der Waals surface area contributed by atoms with Crippen LogP contribution in [0.3, 0.4) is 0 Å². The lowest BCUT2D eigenvalue weighted by Gasteiger charge is -2.33. The van der Waals surface area contributed by atoms with E-state index in [9.17, 15) is 0 Å². The van der Waals surface area contributed by atoms with E-state index in [1.807, 2.05) is 12.3 Å². The van der Waals surface area contributed by atoms with Gasteiger partial charge >= 0.3 is 0 Å². The van der Waals surface area contributed by atoms with Gasteiger partial charge in [-0.25, -0.2) is 0 Å². The van der Waals surface area contributed by atoms with Crippen molar-refractivity contribution in [3.05, 3.63) is 202 Å². The van der Waals surface area contributed by atoms with Crippen molar-refractivity contribution in [1.29, 1.82) is 0 Å². The molecule has 0 aliphatic heterocycles. The molecule has 3 heterocycles. The van der Waals surface area contributed by atoms with Crippen LogP contribution in [-0.4, -0.2) is 4.98 Å². The first-order valence-corrected chi connectivity index (χ1v) is 24.4. The minimum atomic E-state index is -0.341. The molecule has 8 aromatic carbocycles. The normalized spacial score (nSPS) is 15.4. The molecule has 0 radical (unpaired) electrons. The maximum absolute atomic E-state index is 7.06. The standard InChI is InChI=1S/C65H52N2O2/c1-35-30-36(2)60(37(3)31-35)67(38-25-27-41-47(32-38)63(4,5)49-34-45(50-22-16-17-29-66-50)61-55(53(41)49)43-19-11-14-23-51(43)68-61)39-26-28-42-48(33-39)65(8,9)59-57(42)62-56(44-20-12-15-24-52(44)69-62)54-40-18-10-13-21-46(40)64(6,7)58(54)59/h10-34H,1-9H3. The molecule has 0 saturated carbocycles. The molecule has 3 aliphatic rings. The van der Waals surface area contributed by atoms with Crippen molar-refractivity contribution in [2.75, 3.05) is 4.90 Å². The second-order valence-electron chi connectivity index (χ2n) is 21.6. The Bertz CT molecular complexity index is 4060. The fourth-order valence-electron chi connectivity index (χ4n) is 13.5. The van der Waals surface area contributed by atoms with E-state index in [2.05, 4.69) is 207 Å². The van der Waals surface area contributed by atoms with Gasteiger partial charge in [-0.15, -0.1) is 0 Å². The van der Waals surface area contributed by atoms with Crippen LogP contribution < -0.4 is 4.90 Å². The summed E-state index contributed by atoms with van der Waals surface area (Å²) >= 11 is 0. The molecule has 0 bridgehead atoms. The zero-order valence-electron chi connectivity index (χ0n) is 40.6. The second kappa shape index (κ2) is 13.5. The van der Waals surface area contributed by atoms with E-state index < -0.39 is 0 Å². The minimum absolute atomic E-state index is 0.214. The summed E-state index contributed by atoms with van der Waals surface area (Å²) in [7, 11) is 0. The fourth-order valence-corrected chi connectivity index (χ4v) is 13.5. The Kier molecular flexibility index (Phi) is 7.91. The fraction of sp³-hybridized carbons (Fsp3) is 0.185. The summed E-state index contributed by atoms with van der Waals surface area (Å²) in [5, 5.41) is 4.69. The summed E-state index contributed by atoms with van der Waals surface area (Å²) in [6.07, 6.45) is 1.87. The summed E-state index contributed by atoms with van der Waals surface area (Å²) in [5.41, 5.74) is 27.7. The number of aryl methyl sites for hydroxylation is 3. The summed E-state index contributed by atoms with van der Waals surface area (Å²) < 4.78 is 13.8. The number of pyridine rings is 1. The van der Waals surface area contributed by atoms with Gasteiger partial charge in [-0.2, -0.15) is 0 Å². The van der Waals surface area contributed by atoms with Crippen molar-refractivity contribution in [1.82, 2.24) is 4.98 Å². The highest BCUT2D eigenvalue weighted by atomic mass is 16.3. The van der Waals surface area contributed by atoms with Crippen LogP contribution in [0.2, 0.25) is 0 Å². The summed E-state index contributed by atoms with van der Waals surface area (Å²) in [6.45, 7) is 21.2. The molecular formula is C65H52N2O2. The van der Waals surface area contributed by atoms with Crippen molar-refractivity contribution in [3.63, 3.8) is 0 Å². The van der Waals surface area contributed by atoms with Gasteiger partial charge in [-0.1, -0.05) is 138 Å². The average molecular weight is 893 g/mol. The van der Waals surface area contributed by atoms with Crippen molar-refractivity contribution < 1.29 is 8.83 Å². The van der Waals surface area contributed by atoms with Crippen LogP contribution in [0.25, 0.3) is 88.5 Å². The molecular weight excluding hydrogens is 841 g/mol. The molecule has 11 aromatic rings. The lowest BCUT2D eigenvalue weighted by molar-refractivity contribution is 0.600. The van der Waals surface area contributed by atoms with Crippen LogP contribution in [0.4, 0.5) is 17.1 Å². The second-order valence-corrected chi connectivity index (χ2v) is 21.6. The quantitative estimate of drug-likeness (QED) is 0.177. The van der Waals surface area contributed by atoms with Crippen molar-refractivity contribution in [2.45, 2.75) is 78.6 Å². The number of hydrogen-bond acceptors (Lipinski definition) is 4. The summed E-state index contributed by atoms with van der Waals surface area (Å²) in [4.78, 5) is 7.39. The lowest BCUT2D eigenvalue weighted by Crippen LogP contribution is -2.24. The summed E-state index contributed by atoms with van der Waals surface area (Å²) in [5.74, 6) is 0. The molecule has 14 rings (SSSR count). The van der Waals surface area contributed by atoms with Crippen molar-refractivity contribution >= 4 is 60.9 Å². The Morgan fingerprint density at radius 1 is 0.435 bits per heavy atom. The van der Waals surface area contributed by atoms with E-state index in [1.165, 1.54) is 99.9 Å². The smallest absolute Gasteiger partial charge is 0.145 e. The number of furan rings is 2. The number of nitrogens with zero attached hydrogens (tertiary/aromatic N) is 2. The van der Waals surface area contributed by atoms with E-state index in [4.69, 9.17) is 13.8 Å². The van der Waals surface area contributed by atoms with Crippen molar-refractivity contribution in [3.8, 4) is 44.6 Å². The molecule has 0 unspecified atom stereocenters. The largest absolute Gasteiger partial charge is 0.455 e. The van der Waals surface area contributed by atoms with E-state index in [0.717, 1.165) is 55.7 Å². The van der Waals surface area contributed by atoms with Crippen LogP contribution in [0, 0.1) is 20.8 Å². The Morgan fingerprint density at radius 2 is 0.971 bits per heavy atom. The van der Waals surface area contributed by atoms with Gasteiger partial charge in [-0.05, 0) is 148 Å². The Balaban J connectivity index is 1.00. The molecule has 0 atom stereocenters. The van der Waals surface area contributed by atoms with Gasteiger partial charge < -0.3 is 13.7 Å². The average Bonchev–Trinajstić information content (AvgIpc) is 4.09. The minimum Gasteiger partial charge on any atom is -0.455 e. The van der Waals surface area contributed by atoms with E-state index in [0.29, 0.717) is 0 Å². The van der Waals surface area contributed by atoms with Gasteiger partial charge in [0, 0.05) is 66.5 Å². The molecule has 0 amide bonds. The molecule has 4 heteroatoms. The third kappa shape index (κ3) is 5.16. The molecule has 0 saturated heterocycles. The maximum atomic E-state index is 7.06. The molecule has 0 spiro atoms. The zero-order valence-corrected chi connectivity index (χ0v) is 40.6. The van der Waals surface area contributed by atoms with Gasteiger partial charge in [0.05, 0.1) is 11.4 Å². The highest BCUT2D eigenvalue weighted by Crippen LogP contribution is 2.64. The first kappa shape index (κ1) is 40.4. The van der Waals surface area contributed by atoms with Crippen LogP contribution in [0.5, 0.6) is 0 Å². The highest BCUT2D eigenvalue weighted by Gasteiger charge is 2.49. The topological polar surface area (TPSA) is 42.4 Å². The van der Waals surface area contributed by atoms with E-state index >= 15 is 0 Å². The number of para-hydroxylation sites is 2. The maximum Gasteiger partial charge on any atom is 0.145 e. The SMILES string of the molecule is Cc1cc(C)c(N(c2ccc3c(c2)C(C)(C)c2cc(-c4ccccn4)c4oc5ccccc5c4c2-3)c2ccc3c(c2)C(C)(C)c2c4c(c5c(oc6ccccc65)c2-3)-c2ccccc2C4(C)C)c(C)c1. The van der Waals surface area contributed by atoms with Crippen LogP contribution >= 0.6 is 0 Å². The number of benzene rings is 8. The Morgan fingerprint density at radius 3 is 1.64 bits per heavy atom. The molecule has 0 fully saturated rings. The van der Waals surface area contributed by atoms with Gasteiger partial charge in [-0.3, -0.25) is 4.98 Å². The Labute approximate surface area is 402 Å². The number of fused-ring (bicyclic) bond motifs is 19. The van der Waals surface area contributed by atoms with Crippen LogP contribution in [0.1, 0.15) is 91.6 Å². The molecule has 3 aromatic heterocycles. The molecule has 0 N–H and O–H groups in total. The van der Waals surface area contributed by atoms with Gasteiger partial charge in [0.15, 0.2) is 0 Å². The monoisotopic (exact) mass is 892 g/mol. The Hall–Kier alpha value is -7.69. The van der Waals surface area contributed by atoms with Crippen LogP contribution in [0.15, 0.2) is 161 Å². The molecule has 3 aliphatic carbocycles. The number of rotatable bonds is 4. The zero-order chi connectivity index (χ0) is 47.0. The van der Waals surface area contributed by atoms with Gasteiger partial charge in [0.1, 0.15) is 22.3 Å². The van der Waals surface area contributed by atoms with E-state index in [1.54, 1.807) is 0 Å². The molecule has 4 nitrogen and oxygen atoms in total.